The van der Waals surface area contributed by atoms with Crippen LogP contribution in [-0.2, 0) is 30.8 Å². The molecular formula is C21H30N6O2. The maximum absolute atomic E-state index is 6.19. The zero-order chi connectivity index (χ0) is 20.1. The minimum absolute atomic E-state index is 0.126. The van der Waals surface area contributed by atoms with Gasteiger partial charge in [0.2, 0.25) is 0 Å². The van der Waals surface area contributed by atoms with E-state index in [0.717, 1.165) is 67.9 Å². The monoisotopic (exact) mass is 398 g/mol. The van der Waals surface area contributed by atoms with Gasteiger partial charge in [-0.15, -0.1) is 10.2 Å². The van der Waals surface area contributed by atoms with Crippen molar-refractivity contribution in [1.29, 1.82) is 0 Å². The molecule has 0 spiro atoms. The van der Waals surface area contributed by atoms with Gasteiger partial charge < -0.3 is 24.7 Å². The van der Waals surface area contributed by atoms with Crippen LogP contribution in [0.15, 0.2) is 23.2 Å². The second kappa shape index (κ2) is 9.26. The molecule has 156 valence electrons. The molecule has 2 aliphatic heterocycles. The van der Waals surface area contributed by atoms with E-state index in [-0.39, 0.29) is 6.10 Å². The zero-order valence-corrected chi connectivity index (χ0v) is 17.3. The lowest BCUT2D eigenvalue weighted by Crippen LogP contribution is -2.37. The number of nitrogens with zero attached hydrogens (tertiary/aromatic N) is 4. The second-order valence-electron chi connectivity index (χ2n) is 7.55. The lowest BCUT2D eigenvalue weighted by atomic mass is 10.1. The van der Waals surface area contributed by atoms with E-state index in [2.05, 4.69) is 57.4 Å². The van der Waals surface area contributed by atoms with Crippen LogP contribution in [0.3, 0.4) is 0 Å². The third kappa shape index (κ3) is 4.87. The Morgan fingerprint density at radius 1 is 1.34 bits per heavy atom. The molecule has 1 unspecified atom stereocenters. The van der Waals surface area contributed by atoms with Crippen LogP contribution in [0.4, 0.5) is 0 Å². The summed E-state index contributed by atoms with van der Waals surface area (Å²) in [5.41, 5.74) is 2.25. The van der Waals surface area contributed by atoms with Gasteiger partial charge in [0.1, 0.15) is 17.7 Å². The summed E-state index contributed by atoms with van der Waals surface area (Å²) >= 11 is 0. The van der Waals surface area contributed by atoms with Crippen LogP contribution < -0.4 is 15.4 Å². The highest BCUT2D eigenvalue weighted by Crippen LogP contribution is 2.24. The van der Waals surface area contributed by atoms with Gasteiger partial charge in [-0.05, 0) is 31.9 Å². The van der Waals surface area contributed by atoms with Crippen molar-refractivity contribution in [2.45, 2.75) is 58.8 Å². The van der Waals surface area contributed by atoms with Gasteiger partial charge in [0.15, 0.2) is 11.8 Å². The zero-order valence-electron chi connectivity index (χ0n) is 17.3. The smallest absolute Gasteiger partial charge is 0.191 e. The normalized spacial score (nSPS) is 18.7. The van der Waals surface area contributed by atoms with E-state index < -0.39 is 0 Å². The predicted octanol–water partition coefficient (Wildman–Crippen LogP) is 1.96. The number of aryl methyl sites for hydroxylation is 2. The SMILES string of the molecule is CCNC(=NCc1ccc(C)cc1OC1CCOC1)NCc1nnc2n1CCC2. The number of aromatic nitrogens is 3. The number of benzene rings is 1. The molecule has 1 aromatic heterocycles. The van der Waals surface area contributed by atoms with Crippen molar-refractivity contribution >= 4 is 5.96 Å². The molecule has 0 bridgehead atoms. The molecule has 1 atom stereocenters. The molecule has 0 saturated carbocycles. The van der Waals surface area contributed by atoms with Crippen molar-refractivity contribution in [3.05, 3.63) is 41.0 Å². The average Bonchev–Trinajstić information content (AvgIpc) is 3.44. The standard InChI is InChI=1S/C21H30N6O2/c1-3-22-21(24-13-20-26-25-19-5-4-9-27(19)20)23-12-16-7-6-15(2)11-18(16)29-17-8-10-28-14-17/h6-7,11,17H,3-5,8-10,12-14H2,1-2H3,(H2,22,23,24). The molecule has 0 amide bonds. The summed E-state index contributed by atoms with van der Waals surface area (Å²) in [5, 5.41) is 15.3. The van der Waals surface area contributed by atoms with E-state index >= 15 is 0 Å². The lowest BCUT2D eigenvalue weighted by molar-refractivity contribution is 0.140. The van der Waals surface area contributed by atoms with Crippen molar-refractivity contribution in [2.24, 2.45) is 4.99 Å². The summed E-state index contributed by atoms with van der Waals surface area (Å²) in [4.78, 5) is 4.77. The van der Waals surface area contributed by atoms with Gasteiger partial charge in [-0.2, -0.15) is 0 Å². The van der Waals surface area contributed by atoms with Gasteiger partial charge >= 0.3 is 0 Å². The Hall–Kier alpha value is -2.61. The first-order valence-corrected chi connectivity index (χ1v) is 10.5. The maximum atomic E-state index is 6.19. The van der Waals surface area contributed by atoms with Crippen LogP contribution in [0.5, 0.6) is 5.75 Å². The highest BCUT2D eigenvalue weighted by molar-refractivity contribution is 5.79. The fourth-order valence-electron chi connectivity index (χ4n) is 3.70. The van der Waals surface area contributed by atoms with Crippen LogP contribution in [0.2, 0.25) is 0 Å². The Bertz CT molecular complexity index is 857. The second-order valence-corrected chi connectivity index (χ2v) is 7.55. The topological polar surface area (TPSA) is 85.6 Å². The number of ether oxygens (including phenoxy) is 2. The van der Waals surface area contributed by atoms with Crippen molar-refractivity contribution in [3.63, 3.8) is 0 Å². The number of guanidine groups is 1. The lowest BCUT2D eigenvalue weighted by Gasteiger charge is -2.16. The van der Waals surface area contributed by atoms with Gasteiger partial charge in [0, 0.05) is 31.5 Å². The van der Waals surface area contributed by atoms with Crippen molar-refractivity contribution in [3.8, 4) is 5.75 Å². The minimum atomic E-state index is 0.126. The number of aliphatic imine (C=N–C) groups is 1. The van der Waals surface area contributed by atoms with Crippen molar-refractivity contribution in [1.82, 2.24) is 25.4 Å². The van der Waals surface area contributed by atoms with E-state index in [1.807, 2.05) is 0 Å². The van der Waals surface area contributed by atoms with Gasteiger partial charge in [-0.1, -0.05) is 12.1 Å². The molecular weight excluding hydrogens is 368 g/mol. The van der Waals surface area contributed by atoms with Gasteiger partial charge in [0.05, 0.1) is 26.3 Å². The summed E-state index contributed by atoms with van der Waals surface area (Å²) in [6, 6.07) is 6.28. The predicted molar refractivity (Wildman–Crippen MR) is 111 cm³/mol. The number of nitrogens with one attached hydrogen (secondary N) is 2. The molecule has 1 aromatic carbocycles. The third-order valence-corrected chi connectivity index (χ3v) is 5.26. The molecule has 2 aliphatic rings. The highest BCUT2D eigenvalue weighted by atomic mass is 16.5. The Balaban J connectivity index is 1.43. The molecule has 1 fully saturated rings. The van der Waals surface area contributed by atoms with E-state index in [1.165, 1.54) is 5.56 Å². The van der Waals surface area contributed by atoms with Gasteiger partial charge in [0.25, 0.3) is 0 Å². The molecule has 2 N–H and O–H groups in total. The first kappa shape index (κ1) is 19.7. The Morgan fingerprint density at radius 3 is 3.10 bits per heavy atom. The first-order valence-electron chi connectivity index (χ1n) is 10.5. The summed E-state index contributed by atoms with van der Waals surface area (Å²) in [7, 11) is 0. The maximum Gasteiger partial charge on any atom is 0.191 e. The number of fused-ring (bicyclic) bond motifs is 1. The molecule has 1 saturated heterocycles. The quantitative estimate of drug-likeness (QED) is 0.548. The Morgan fingerprint density at radius 2 is 2.28 bits per heavy atom. The Labute approximate surface area is 171 Å². The fourth-order valence-corrected chi connectivity index (χ4v) is 3.70. The summed E-state index contributed by atoms with van der Waals surface area (Å²) in [6.45, 7) is 8.50. The van der Waals surface area contributed by atoms with Crippen molar-refractivity contribution in [2.75, 3.05) is 19.8 Å². The Kier molecular flexibility index (Phi) is 6.29. The van der Waals surface area contributed by atoms with E-state index in [1.54, 1.807) is 0 Å². The molecule has 2 aromatic rings. The van der Waals surface area contributed by atoms with Crippen LogP contribution in [-0.4, -0.2) is 46.6 Å². The molecule has 8 nitrogen and oxygen atoms in total. The molecule has 29 heavy (non-hydrogen) atoms. The van der Waals surface area contributed by atoms with Crippen molar-refractivity contribution < 1.29 is 9.47 Å². The number of hydrogen-bond donors (Lipinski definition) is 2. The van der Waals surface area contributed by atoms with Crippen LogP contribution in [0.25, 0.3) is 0 Å². The summed E-state index contributed by atoms with van der Waals surface area (Å²) in [6.07, 6.45) is 3.22. The largest absolute Gasteiger partial charge is 0.488 e. The minimum Gasteiger partial charge on any atom is -0.488 e. The molecule has 0 radical (unpaired) electrons. The average molecular weight is 399 g/mol. The molecule has 4 rings (SSSR count). The summed E-state index contributed by atoms with van der Waals surface area (Å²) < 4.78 is 13.8. The third-order valence-electron chi connectivity index (χ3n) is 5.26. The molecule has 8 heteroatoms. The fraction of sp³-hybridized carbons (Fsp3) is 0.571. The van der Waals surface area contributed by atoms with Crippen LogP contribution >= 0.6 is 0 Å². The molecule has 0 aliphatic carbocycles. The van der Waals surface area contributed by atoms with E-state index in [9.17, 15) is 0 Å². The van der Waals surface area contributed by atoms with Crippen LogP contribution in [0, 0.1) is 6.92 Å². The number of hydrogen-bond acceptors (Lipinski definition) is 5. The highest BCUT2D eigenvalue weighted by Gasteiger charge is 2.19. The molecule has 3 heterocycles. The van der Waals surface area contributed by atoms with Crippen LogP contribution in [0.1, 0.15) is 42.5 Å². The number of rotatable bonds is 7. The van der Waals surface area contributed by atoms with Gasteiger partial charge in [-0.3, -0.25) is 0 Å². The van der Waals surface area contributed by atoms with E-state index in [0.29, 0.717) is 19.7 Å². The summed E-state index contributed by atoms with van der Waals surface area (Å²) in [5.74, 6) is 3.71. The van der Waals surface area contributed by atoms with Gasteiger partial charge in [-0.25, -0.2) is 4.99 Å². The first-order chi connectivity index (χ1) is 14.2. The van der Waals surface area contributed by atoms with E-state index in [4.69, 9.17) is 14.5 Å².